The number of nitrogens with one attached hydrogen (secondary N) is 1. The van der Waals surface area contributed by atoms with Crippen molar-refractivity contribution >= 4 is 23.2 Å². The number of hydrogen-bond donors (Lipinski definition) is 3. The molecule has 1 unspecified atom stereocenters. The smallest absolute Gasteiger partial charge is 0.303 e. The minimum Gasteiger partial charge on any atom is -0.508 e. The molecule has 21 heavy (non-hydrogen) atoms. The molecule has 0 heterocycles. The summed E-state index contributed by atoms with van der Waals surface area (Å²) in [5.74, 6) is -0.753. The van der Waals surface area contributed by atoms with Crippen molar-refractivity contribution in [2.75, 3.05) is 0 Å². The normalized spacial score (nSPS) is 12.0. The van der Waals surface area contributed by atoms with Gasteiger partial charge in [-0.1, -0.05) is 30.3 Å². The first kappa shape index (κ1) is 14.8. The van der Waals surface area contributed by atoms with E-state index >= 15 is 0 Å². The maximum absolute atomic E-state index is 10.7. The first-order valence-electron chi connectivity index (χ1n) is 6.73. The van der Waals surface area contributed by atoms with Gasteiger partial charge in [0.2, 0.25) is 6.41 Å². The number of rotatable bonds is 7. The van der Waals surface area contributed by atoms with Crippen LogP contribution in [0.4, 0.5) is 0 Å². The quantitative estimate of drug-likeness (QED) is 0.680. The van der Waals surface area contributed by atoms with E-state index in [-0.39, 0.29) is 18.2 Å². The van der Waals surface area contributed by atoms with Gasteiger partial charge in [0.15, 0.2) is 0 Å². The molecule has 0 saturated carbocycles. The lowest BCUT2D eigenvalue weighted by Crippen LogP contribution is -2.30. The van der Waals surface area contributed by atoms with E-state index < -0.39 is 5.97 Å². The van der Waals surface area contributed by atoms with Crippen molar-refractivity contribution in [3.05, 3.63) is 42.0 Å². The van der Waals surface area contributed by atoms with Crippen LogP contribution in [0.2, 0.25) is 0 Å². The molecule has 0 aliphatic heterocycles. The summed E-state index contributed by atoms with van der Waals surface area (Å²) in [4.78, 5) is 21.4. The van der Waals surface area contributed by atoms with Gasteiger partial charge in [-0.15, -0.1) is 0 Å². The summed E-state index contributed by atoms with van der Waals surface area (Å²) in [6.07, 6.45) is 1.24. The SMILES string of the molecule is O=CNC(CCC(=O)O)Cc1c(O)ccc2ccccc12. The fourth-order valence-corrected chi connectivity index (χ4v) is 2.42. The summed E-state index contributed by atoms with van der Waals surface area (Å²) in [6.45, 7) is 0. The van der Waals surface area contributed by atoms with Crippen molar-refractivity contribution in [2.45, 2.75) is 25.3 Å². The molecule has 0 saturated heterocycles. The van der Waals surface area contributed by atoms with Crippen LogP contribution >= 0.6 is 0 Å². The predicted molar refractivity (Wildman–Crippen MR) is 79.2 cm³/mol. The van der Waals surface area contributed by atoms with Crippen molar-refractivity contribution in [1.29, 1.82) is 0 Å². The molecule has 0 aromatic heterocycles. The molecule has 0 fully saturated rings. The molecular formula is C16H17NO4. The van der Waals surface area contributed by atoms with Crippen LogP contribution in [0, 0.1) is 0 Å². The van der Waals surface area contributed by atoms with Gasteiger partial charge in [0, 0.05) is 18.0 Å². The Morgan fingerprint density at radius 2 is 2.00 bits per heavy atom. The maximum atomic E-state index is 10.7. The van der Waals surface area contributed by atoms with Crippen molar-refractivity contribution < 1.29 is 19.8 Å². The van der Waals surface area contributed by atoms with Gasteiger partial charge in [-0.3, -0.25) is 9.59 Å². The van der Waals surface area contributed by atoms with Gasteiger partial charge >= 0.3 is 5.97 Å². The van der Waals surface area contributed by atoms with Gasteiger partial charge in [0.25, 0.3) is 0 Å². The maximum Gasteiger partial charge on any atom is 0.303 e. The Hall–Kier alpha value is -2.56. The van der Waals surface area contributed by atoms with Gasteiger partial charge < -0.3 is 15.5 Å². The predicted octanol–water partition coefficient (Wildman–Crippen LogP) is 2.07. The number of phenols is 1. The van der Waals surface area contributed by atoms with Gasteiger partial charge in [0.05, 0.1) is 0 Å². The Balaban J connectivity index is 2.29. The molecule has 5 nitrogen and oxygen atoms in total. The number of aromatic hydroxyl groups is 1. The molecule has 1 amide bonds. The summed E-state index contributed by atoms with van der Waals surface area (Å²) < 4.78 is 0. The van der Waals surface area contributed by atoms with Gasteiger partial charge in [-0.2, -0.15) is 0 Å². The van der Waals surface area contributed by atoms with Gasteiger partial charge in [-0.25, -0.2) is 0 Å². The number of aliphatic carboxylic acids is 1. The highest BCUT2D eigenvalue weighted by Crippen LogP contribution is 2.28. The number of carbonyl (C=O) groups is 2. The second-order valence-corrected chi connectivity index (χ2v) is 4.90. The lowest BCUT2D eigenvalue weighted by Gasteiger charge is -2.17. The number of amides is 1. The average Bonchev–Trinajstić information content (AvgIpc) is 2.47. The van der Waals surface area contributed by atoms with Crippen LogP contribution < -0.4 is 5.32 Å². The summed E-state index contributed by atoms with van der Waals surface area (Å²) in [6, 6.07) is 10.8. The summed E-state index contributed by atoms with van der Waals surface area (Å²) in [5, 5.41) is 23.4. The Morgan fingerprint density at radius 1 is 1.24 bits per heavy atom. The van der Waals surface area contributed by atoms with Crippen molar-refractivity contribution in [2.24, 2.45) is 0 Å². The van der Waals surface area contributed by atoms with E-state index in [1.807, 2.05) is 30.3 Å². The highest BCUT2D eigenvalue weighted by molar-refractivity contribution is 5.87. The number of fused-ring (bicyclic) bond motifs is 1. The van der Waals surface area contributed by atoms with Gasteiger partial charge in [0.1, 0.15) is 5.75 Å². The first-order valence-corrected chi connectivity index (χ1v) is 6.73. The minimum atomic E-state index is -0.908. The van der Waals surface area contributed by atoms with Gasteiger partial charge in [-0.05, 0) is 29.7 Å². The Kier molecular flexibility index (Phi) is 4.77. The second-order valence-electron chi connectivity index (χ2n) is 4.90. The molecule has 2 aromatic rings. The fourth-order valence-electron chi connectivity index (χ4n) is 2.42. The third-order valence-electron chi connectivity index (χ3n) is 3.48. The Morgan fingerprint density at radius 3 is 2.71 bits per heavy atom. The zero-order valence-electron chi connectivity index (χ0n) is 11.5. The number of phenolic OH excluding ortho intramolecular Hbond substituents is 1. The summed E-state index contributed by atoms with van der Waals surface area (Å²) in [7, 11) is 0. The highest BCUT2D eigenvalue weighted by Gasteiger charge is 2.15. The lowest BCUT2D eigenvalue weighted by molar-refractivity contribution is -0.137. The molecular weight excluding hydrogens is 270 g/mol. The molecule has 2 rings (SSSR count). The largest absolute Gasteiger partial charge is 0.508 e. The molecule has 110 valence electrons. The topological polar surface area (TPSA) is 86.6 Å². The molecule has 0 aliphatic rings. The standard InChI is InChI=1S/C16H17NO4/c18-10-17-12(6-8-16(20)21)9-14-13-4-2-1-3-11(13)5-7-15(14)19/h1-5,7,10,12,19H,6,8-9H2,(H,17,18)(H,20,21). The molecule has 0 spiro atoms. The second kappa shape index (κ2) is 6.74. The third-order valence-corrected chi connectivity index (χ3v) is 3.48. The highest BCUT2D eigenvalue weighted by atomic mass is 16.4. The van der Waals surface area contributed by atoms with E-state index in [0.717, 1.165) is 16.3 Å². The van der Waals surface area contributed by atoms with E-state index in [4.69, 9.17) is 5.11 Å². The van der Waals surface area contributed by atoms with E-state index in [2.05, 4.69) is 5.32 Å². The van der Waals surface area contributed by atoms with E-state index in [1.165, 1.54) is 0 Å². The minimum absolute atomic E-state index is 0.0307. The number of hydrogen-bond acceptors (Lipinski definition) is 3. The van der Waals surface area contributed by atoms with Crippen LogP contribution in [0.1, 0.15) is 18.4 Å². The van der Waals surface area contributed by atoms with Crippen molar-refractivity contribution in [3.63, 3.8) is 0 Å². The molecule has 1 atom stereocenters. The number of carbonyl (C=O) groups excluding carboxylic acids is 1. The van der Waals surface area contributed by atoms with Crippen molar-refractivity contribution in [3.8, 4) is 5.75 Å². The zero-order chi connectivity index (χ0) is 15.2. The van der Waals surface area contributed by atoms with Crippen LogP contribution in [0.25, 0.3) is 10.8 Å². The number of carboxylic acids is 1. The molecule has 0 radical (unpaired) electrons. The molecule has 3 N–H and O–H groups in total. The first-order chi connectivity index (χ1) is 10.1. The molecule has 0 bridgehead atoms. The van der Waals surface area contributed by atoms with E-state index in [0.29, 0.717) is 19.3 Å². The van der Waals surface area contributed by atoms with Crippen LogP contribution in [-0.2, 0) is 16.0 Å². The van der Waals surface area contributed by atoms with Crippen LogP contribution in [0.5, 0.6) is 5.75 Å². The molecule has 5 heteroatoms. The van der Waals surface area contributed by atoms with Crippen LogP contribution in [0.15, 0.2) is 36.4 Å². The van der Waals surface area contributed by atoms with Crippen LogP contribution in [0.3, 0.4) is 0 Å². The molecule has 0 aliphatic carbocycles. The van der Waals surface area contributed by atoms with E-state index in [1.54, 1.807) is 6.07 Å². The summed E-state index contributed by atoms with van der Waals surface area (Å²) >= 11 is 0. The van der Waals surface area contributed by atoms with Crippen molar-refractivity contribution in [1.82, 2.24) is 5.32 Å². The lowest BCUT2D eigenvalue weighted by atomic mass is 9.96. The summed E-state index contributed by atoms with van der Waals surface area (Å²) in [5.41, 5.74) is 0.720. The van der Waals surface area contributed by atoms with E-state index in [9.17, 15) is 14.7 Å². The Labute approximate surface area is 122 Å². The Bertz CT molecular complexity index is 654. The average molecular weight is 287 g/mol. The number of carboxylic acid groups (broad SMARTS) is 1. The molecule has 2 aromatic carbocycles. The zero-order valence-corrected chi connectivity index (χ0v) is 11.5. The van der Waals surface area contributed by atoms with Crippen LogP contribution in [-0.4, -0.2) is 28.6 Å². The monoisotopic (exact) mass is 287 g/mol. The number of benzene rings is 2. The third kappa shape index (κ3) is 3.72. The fraction of sp³-hybridized carbons (Fsp3) is 0.250.